The molecule has 0 aliphatic carbocycles. The van der Waals surface area contributed by atoms with Crippen LogP contribution >= 0.6 is 0 Å². The van der Waals surface area contributed by atoms with Crippen molar-refractivity contribution in [2.45, 2.75) is 6.92 Å². The van der Waals surface area contributed by atoms with E-state index in [0.717, 1.165) is 17.1 Å². The van der Waals surface area contributed by atoms with Gasteiger partial charge in [0.15, 0.2) is 0 Å². The predicted octanol–water partition coefficient (Wildman–Crippen LogP) is 0.833. The molecule has 0 aromatic rings. The maximum atomic E-state index is 11.3. The minimum Gasteiger partial charge on any atom is -0.460 e. The molecule has 0 radical (unpaired) electrons. The molecule has 0 saturated carbocycles. The molecule has 0 atom stereocenters. The van der Waals surface area contributed by atoms with E-state index in [1.807, 2.05) is 0 Å². The van der Waals surface area contributed by atoms with Gasteiger partial charge in [0.05, 0.1) is 6.54 Å². The van der Waals surface area contributed by atoms with Crippen LogP contribution in [0.1, 0.15) is 6.92 Å². The van der Waals surface area contributed by atoms with Crippen LogP contribution in [0.4, 0.5) is 0 Å². The average molecular weight is 237 g/mol. The predicted molar refractivity (Wildman–Crippen MR) is 62.9 cm³/mol. The highest BCUT2D eigenvalue weighted by Gasteiger charge is 2.16. The van der Waals surface area contributed by atoms with Gasteiger partial charge in [-0.1, -0.05) is 19.7 Å². The molecule has 5 heteroatoms. The van der Waals surface area contributed by atoms with E-state index in [-0.39, 0.29) is 18.7 Å². The first-order valence-corrected chi connectivity index (χ1v) is 4.87. The Kier molecular flexibility index (Phi) is 6.25. The first-order chi connectivity index (χ1) is 7.93. The van der Waals surface area contributed by atoms with E-state index in [1.54, 1.807) is 0 Å². The van der Waals surface area contributed by atoms with Crippen LogP contribution in [0.3, 0.4) is 0 Å². The monoisotopic (exact) mass is 237 g/mol. The van der Waals surface area contributed by atoms with Gasteiger partial charge in [0, 0.05) is 5.57 Å². The fourth-order valence-corrected chi connectivity index (χ4v) is 0.902. The number of rotatable bonds is 6. The standard InChI is InChI=1S/C12H15NO4/c1-5-10(14)13(11(15)6-2)7-8-17-12(16)9(3)4/h5-6H,1-3,7-8H2,4H3. The third-order valence-electron chi connectivity index (χ3n) is 1.78. The smallest absolute Gasteiger partial charge is 0.333 e. The molecule has 92 valence electrons. The van der Waals surface area contributed by atoms with Gasteiger partial charge < -0.3 is 4.74 Å². The second-order valence-corrected chi connectivity index (χ2v) is 3.15. The largest absolute Gasteiger partial charge is 0.460 e. The van der Waals surface area contributed by atoms with Crippen molar-refractivity contribution in [3.05, 3.63) is 37.5 Å². The Labute approximate surface area is 100 Å². The molecule has 0 heterocycles. The van der Waals surface area contributed by atoms with Crippen molar-refractivity contribution in [3.8, 4) is 0 Å². The number of amides is 2. The lowest BCUT2D eigenvalue weighted by atomic mass is 10.3. The van der Waals surface area contributed by atoms with Crippen LogP contribution in [0.15, 0.2) is 37.5 Å². The normalized spacial score (nSPS) is 9.00. The third kappa shape index (κ3) is 4.92. The zero-order valence-corrected chi connectivity index (χ0v) is 9.77. The molecule has 0 saturated heterocycles. The quantitative estimate of drug-likeness (QED) is 0.507. The van der Waals surface area contributed by atoms with E-state index in [9.17, 15) is 14.4 Å². The van der Waals surface area contributed by atoms with Crippen molar-refractivity contribution < 1.29 is 19.1 Å². The minimum absolute atomic E-state index is 0.0469. The molecule has 0 bridgehead atoms. The molecule has 17 heavy (non-hydrogen) atoms. The Morgan fingerprint density at radius 2 is 1.65 bits per heavy atom. The summed E-state index contributed by atoms with van der Waals surface area (Å²) in [4.78, 5) is 34.5. The number of nitrogens with zero attached hydrogens (tertiary/aromatic N) is 1. The van der Waals surface area contributed by atoms with E-state index in [1.165, 1.54) is 6.92 Å². The summed E-state index contributed by atoms with van der Waals surface area (Å²) >= 11 is 0. The summed E-state index contributed by atoms with van der Waals surface area (Å²) < 4.78 is 4.77. The summed E-state index contributed by atoms with van der Waals surface area (Å²) in [5.74, 6) is -1.70. The van der Waals surface area contributed by atoms with Crippen LogP contribution in [0.2, 0.25) is 0 Å². The summed E-state index contributed by atoms with van der Waals surface area (Å²) in [6, 6.07) is 0. The topological polar surface area (TPSA) is 63.7 Å². The van der Waals surface area contributed by atoms with Gasteiger partial charge >= 0.3 is 5.97 Å². The van der Waals surface area contributed by atoms with E-state index in [4.69, 9.17) is 4.74 Å². The van der Waals surface area contributed by atoms with Crippen LogP contribution in [0.25, 0.3) is 0 Å². The number of esters is 1. The summed E-state index contributed by atoms with van der Waals surface area (Å²) in [5, 5.41) is 0. The van der Waals surface area contributed by atoms with Crippen LogP contribution in [-0.2, 0) is 19.1 Å². The summed E-state index contributed by atoms with van der Waals surface area (Å²) in [6.07, 6.45) is 2.00. The number of hydrogen-bond acceptors (Lipinski definition) is 4. The first-order valence-electron chi connectivity index (χ1n) is 4.87. The Hall–Kier alpha value is -2.17. The SMILES string of the molecule is C=CC(=O)N(CCOC(=O)C(=C)C)C(=O)C=C. The zero-order valence-electron chi connectivity index (χ0n) is 9.77. The maximum absolute atomic E-state index is 11.3. The van der Waals surface area contributed by atoms with Gasteiger partial charge in [0.1, 0.15) is 6.61 Å². The van der Waals surface area contributed by atoms with Crippen molar-refractivity contribution >= 4 is 17.8 Å². The molecule has 5 nitrogen and oxygen atoms in total. The fourth-order valence-electron chi connectivity index (χ4n) is 0.902. The van der Waals surface area contributed by atoms with Gasteiger partial charge in [-0.05, 0) is 19.1 Å². The average Bonchev–Trinajstić information content (AvgIpc) is 2.32. The zero-order chi connectivity index (χ0) is 13.4. The van der Waals surface area contributed by atoms with E-state index in [2.05, 4.69) is 19.7 Å². The van der Waals surface area contributed by atoms with Gasteiger partial charge in [-0.15, -0.1) is 0 Å². The molecule has 0 fully saturated rings. The van der Waals surface area contributed by atoms with Crippen molar-refractivity contribution in [1.29, 1.82) is 0 Å². The Balaban J connectivity index is 4.37. The number of hydrogen-bond donors (Lipinski definition) is 0. The van der Waals surface area contributed by atoms with Gasteiger partial charge in [0.2, 0.25) is 0 Å². The fraction of sp³-hybridized carbons (Fsp3) is 0.250. The summed E-state index contributed by atoms with van der Waals surface area (Å²) in [6.45, 7) is 11.3. The van der Waals surface area contributed by atoms with Crippen LogP contribution < -0.4 is 0 Å². The molecule has 0 unspecified atom stereocenters. The molecule has 0 aromatic carbocycles. The molecule has 0 spiro atoms. The number of carbonyl (C=O) groups is 3. The van der Waals surface area contributed by atoms with Crippen LogP contribution in [0, 0.1) is 0 Å². The molecule has 0 aromatic heterocycles. The molecule has 0 aliphatic heterocycles. The number of ether oxygens (including phenoxy) is 1. The molecular formula is C12H15NO4. The first kappa shape index (κ1) is 14.8. The summed E-state index contributed by atoms with van der Waals surface area (Å²) in [5.41, 5.74) is 0.252. The maximum Gasteiger partial charge on any atom is 0.333 e. The van der Waals surface area contributed by atoms with Gasteiger partial charge in [-0.25, -0.2) is 4.79 Å². The molecular weight excluding hydrogens is 222 g/mol. The Morgan fingerprint density at radius 3 is 2.00 bits per heavy atom. The molecule has 0 N–H and O–H groups in total. The molecule has 2 amide bonds. The third-order valence-corrected chi connectivity index (χ3v) is 1.78. The Morgan fingerprint density at radius 1 is 1.18 bits per heavy atom. The lowest BCUT2D eigenvalue weighted by Gasteiger charge is -2.17. The summed E-state index contributed by atoms with van der Waals surface area (Å²) in [7, 11) is 0. The molecule has 0 rings (SSSR count). The lowest BCUT2D eigenvalue weighted by Crippen LogP contribution is -2.37. The highest BCUT2D eigenvalue weighted by atomic mass is 16.5. The molecule has 0 aliphatic rings. The van der Waals surface area contributed by atoms with Crippen molar-refractivity contribution in [2.75, 3.05) is 13.2 Å². The van der Waals surface area contributed by atoms with E-state index >= 15 is 0 Å². The van der Waals surface area contributed by atoms with Gasteiger partial charge in [-0.2, -0.15) is 0 Å². The van der Waals surface area contributed by atoms with Gasteiger partial charge in [0.25, 0.3) is 11.8 Å². The highest BCUT2D eigenvalue weighted by molar-refractivity contribution is 6.04. The lowest BCUT2D eigenvalue weighted by molar-refractivity contribution is -0.145. The second-order valence-electron chi connectivity index (χ2n) is 3.15. The number of carbonyl (C=O) groups excluding carboxylic acids is 3. The van der Waals surface area contributed by atoms with Crippen LogP contribution in [-0.4, -0.2) is 35.8 Å². The Bertz CT molecular complexity index is 351. The van der Waals surface area contributed by atoms with Crippen molar-refractivity contribution in [3.63, 3.8) is 0 Å². The van der Waals surface area contributed by atoms with E-state index < -0.39 is 17.8 Å². The van der Waals surface area contributed by atoms with Gasteiger partial charge in [-0.3, -0.25) is 14.5 Å². The minimum atomic E-state index is -0.568. The number of imide groups is 1. The van der Waals surface area contributed by atoms with Crippen LogP contribution in [0.5, 0.6) is 0 Å². The second kappa shape index (κ2) is 7.16. The van der Waals surface area contributed by atoms with Crippen molar-refractivity contribution in [2.24, 2.45) is 0 Å². The van der Waals surface area contributed by atoms with E-state index in [0.29, 0.717) is 0 Å². The highest BCUT2D eigenvalue weighted by Crippen LogP contribution is 1.97. The van der Waals surface area contributed by atoms with Crippen molar-refractivity contribution in [1.82, 2.24) is 4.90 Å².